The molecule has 0 aliphatic carbocycles. The summed E-state index contributed by atoms with van der Waals surface area (Å²) in [5, 5.41) is 2.98. The van der Waals surface area contributed by atoms with Crippen LogP contribution in [0.5, 0.6) is 5.75 Å². The number of pyridine rings is 1. The molecular weight excluding hydrogens is 240 g/mol. The zero-order valence-corrected chi connectivity index (χ0v) is 12.1. The number of aromatic nitrogens is 1. The fraction of sp³-hybridized carbons (Fsp3) is 0.429. The highest BCUT2D eigenvalue weighted by Crippen LogP contribution is 2.24. The van der Waals surface area contributed by atoms with Gasteiger partial charge in [0.25, 0.3) is 0 Å². The van der Waals surface area contributed by atoms with Gasteiger partial charge in [0.2, 0.25) is 0 Å². The third kappa shape index (κ3) is 4.28. The van der Waals surface area contributed by atoms with Crippen molar-refractivity contribution in [1.82, 2.24) is 10.3 Å². The maximum atomic E-state index is 5.76. The van der Waals surface area contributed by atoms with E-state index in [0.29, 0.717) is 19.0 Å². The molecule has 5 heteroatoms. The molecule has 0 radical (unpaired) electrons. The topological polar surface area (TPSA) is 72.5 Å². The molecule has 0 aliphatic heterocycles. The minimum absolute atomic E-state index is 0.392. The Labute approximate surface area is 114 Å². The highest BCUT2D eigenvalue weighted by molar-refractivity contribution is 5.78. The number of guanidine groups is 1. The van der Waals surface area contributed by atoms with Crippen molar-refractivity contribution in [2.45, 2.75) is 27.3 Å². The first-order chi connectivity index (χ1) is 8.95. The molecule has 1 heterocycles. The Hall–Kier alpha value is -2.04. The van der Waals surface area contributed by atoms with E-state index in [2.05, 4.69) is 21.9 Å². The second kappa shape index (κ2) is 6.78. The first-order valence-electron chi connectivity index (χ1n) is 6.13. The van der Waals surface area contributed by atoms with Crippen molar-refractivity contribution >= 4 is 5.96 Å². The Balaban J connectivity index is 2.78. The van der Waals surface area contributed by atoms with Crippen molar-refractivity contribution in [1.29, 1.82) is 0 Å². The zero-order chi connectivity index (χ0) is 14.4. The zero-order valence-electron chi connectivity index (χ0n) is 12.1. The van der Waals surface area contributed by atoms with E-state index >= 15 is 0 Å². The number of rotatable bonds is 5. The van der Waals surface area contributed by atoms with Gasteiger partial charge in [0.1, 0.15) is 5.75 Å². The Morgan fingerprint density at radius 1 is 1.53 bits per heavy atom. The number of aliphatic imine (C=N–C) groups is 1. The van der Waals surface area contributed by atoms with Crippen molar-refractivity contribution in [3.8, 4) is 5.75 Å². The van der Waals surface area contributed by atoms with E-state index in [1.165, 1.54) is 0 Å². The van der Waals surface area contributed by atoms with E-state index < -0.39 is 0 Å². The van der Waals surface area contributed by atoms with Gasteiger partial charge in [0.15, 0.2) is 5.96 Å². The van der Waals surface area contributed by atoms with Crippen LogP contribution in [0.3, 0.4) is 0 Å². The van der Waals surface area contributed by atoms with Crippen LogP contribution >= 0.6 is 0 Å². The molecule has 19 heavy (non-hydrogen) atoms. The number of nitrogens with one attached hydrogen (secondary N) is 1. The minimum atomic E-state index is 0.392. The second-order valence-corrected chi connectivity index (χ2v) is 4.56. The third-order valence-corrected chi connectivity index (χ3v) is 2.72. The largest absolute Gasteiger partial charge is 0.496 e. The van der Waals surface area contributed by atoms with Crippen LogP contribution in [0.25, 0.3) is 0 Å². The molecule has 0 bridgehead atoms. The lowest BCUT2D eigenvalue weighted by molar-refractivity contribution is 0.407. The highest BCUT2D eigenvalue weighted by Gasteiger charge is 2.08. The lowest BCUT2D eigenvalue weighted by Crippen LogP contribution is -2.32. The Bertz CT molecular complexity index is 494. The van der Waals surface area contributed by atoms with Gasteiger partial charge in [-0.25, -0.2) is 4.99 Å². The molecule has 0 saturated carbocycles. The first-order valence-corrected chi connectivity index (χ1v) is 6.13. The monoisotopic (exact) mass is 262 g/mol. The average Bonchev–Trinajstić information content (AvgIpc) is 2.36. The highest BCUT2D eigenvalue weighted by atomic mass is 16.5. The maximum Gasteiger partial charge on any atom is 0.189 e. The van der Waals surface area contributed by atoms with Crippen LogP contribution in [0.15, 0.2) is 23.3 Å². The van der Waals surface area contributed by atoms with E-state index in [1.54, 1.807) is 13.3 Å². The van der Waals surface area contributed by atoms with Crippen LogP contribution in [-0.4, -0.2) is 24.6 Å². The van der Waals surface area contributed by atoms with Gasteiger partial charge < -0.3 is 15.8 Å². The second-order valence-electron chi connectivity index (χ2n) is 4.56. The molecule has 5 nitrogen and oxygen atoms in total. The summed E-state index contributed by atoms with van der Waals surface area (Å²) in [6.45, 7) is 10.7. The molecule has 0 unspecified atom stereocenters. The van der Waals surface area contributed by atoms with Crippen LogP contribution in [0.4, 0.5) is 0 Å². The van der Waals surface area contributed by atoms with Crippen molar-refractivity contribution in [3.63, 3.8) is 0 Å². The molecule has 104 valence electrons. The molecular formula is C14H22N4O. The SMILES string of the molecule is C=C(C)CNC(N)=NCc1ncc(C)c(OC)c1C. The average molecular weight is 262 g/mol. The third-order valence-electron chi connectivity index (χ3n) is 2.72. The van der Waals surface area contributed by atoms with Crippen molar-refractivity contribution in [2.24, 2.45) is 10.7 Å². The van der Waals surface area contributed by atoms with Gasteiger partial charge in [-0.2, -0.15) is 0 Å². The van der Waals surface area contributed by atoms with Crippen molar-refractivity contribution in [2.75, 3.05) is 13.7 Å². The van der Waals surface area contributed by atoms with Gasteiger partial charge in [0, 0.05) is 23.9 Å². The molecule has 0 fully saturated rings. The van der Waals surface area contributed by atoms with Gasteiger partial charge in [-0.3, -0.25) is 4.98 Å². The summed E-state index contributed by atoms with van der Waals surface area (Å²) >= 11 is 0. The van der Waals surface area contributed by atoms with E-state index in [1.807, 2.05) is 20.8 Å². The van der Waals surface area contributed by atoms with Crippen LogP contribution in [0.1, 0.15) is 23.7 Å². The van der Waals surface area contributed by atoms with Gasteiger partial charge in [0.05, 0.1) is 19.3 Å². The number of ether oxygens (including phenoxy) is 1. The van der Waals surface area contributed by atoms with Crippen LogP contribution in [0, 0.1) is 13.8 Å². The van der Waals surface area contributed by atoms with Gasteiger partial charge in [-0.05, 0) is 20.8 Å². The molecule has 0 spiro atoms. The Morgan fingerprint density at radius 2 is 2.21 bits per heavy atom. The quantitative estimate of drug-likeness (QED) is 0.481. The van der Waals surface area contributed by atoms with E-state index in [0.717, 1.165) is 28.1 Å². The molecule has 1 rings (SSSR count). The number of methoxy groups -OCH3 is 1. The van der Waals surface area contributed by atoms with Crippen molar-refractivity contribution in [3.05, 3.63) is 35.2 Å². The lowest BCUT2D eigenvalue weighted by Gasteiger charge is -2.11. The Kier molecular flexibility index (Phi) is 5.36. The van der Waals surface area contributed by atoms with Crippen LogP contribution in [0.2, 0.25) is 0 Å². The summed E-state index contributed by atoms with van der Waals surface area (Å²) in [6, 6.07) is 0. The number of nitrogens with zero attached hydrogens (tertiary/aromatic N) is 2. The van der Waals surface area contributed by atoms with Gasteiger partial charge in [-0.15, -0.1) is 0 Å². The molecule has 0 atom stereocenters. The summed E-state index contributed by atoms with van der Waals surface area (Å²) in [7, 11) is 1.66. The molecule has 3 N–H and O–H groups in total. The number of hydrogen-bond acceptors (Lipinski definition) is 3. The van der Waals surface area contributed by atoms with E-state index in [4.69, 9.17) is 10.5 Å². The lowest BCUT2D eigenvalue weighted by atomic mass is 10.1. The maximum absolute atomic E-state index is 5.76. The standard InChI is InChI=1S/C14H22N4O/c1-9(2)6-17-14(15)18-8-12-11(4)13(19-5)10(3)7-16-12/h7H,1,6,8H2,2-5H3,(H3,15,17,18). The molecule has 0 aromatic carbocycles. The molecule has 1 aromatic rings. The number of hydrogen-bond donors (Lipinski definition) is 2. The smallest absolute Gasteiger partial charge is 0.189 e. The first kappa shape index (κ1) is 15.0. The summed E-state index contributed by atoms with van der Waals surface area (Å²) in [5.74, 6) is 1.25. The fourth-order valence-electron chi connectivity index (χ4n) is 1.69. The predicted molar refractivity (Wildman–Crippen MR) is 78.4 cm³/mol. The van der Waals surface area contributed by atoms with E-state index in [-0.39, 0.29) is 0 Å². The normalized spacial score (nSPS) is 11.3. The summed E-state index contributed by atoms with van der Waals surface area (Å²) in [4.78, 5) is 8.62. The summed E-state index contributed by atoms with van der Waals surface area (Å²) < 4.78 is 5.36. The Morgan fingerprint density at radius 3 is 2.79 bits per heavy atom. The molecule has 1 aromatic heterocycles. The number of nitrogens with two attached hydrogens (primary N) is 1. The predicted octanol–water partition coefficient (Wildman–Crippen LogP) is 1.69. The van der Waals surface area contributed by atoms with Crippen LogP contribution in [-0.2, 0) is 6.54 Å². The number of aryl methyl sites for hydroxylation is 1. The minimum Gasteiger partial charge on any atom is -0.496 e. The molecule has 0 aliphatic rings. The fourth-order valence-corrected chi connectivity index (χ4v) is 1.69. The summed E-state index contributed by atoms with van der Waals surface area (Å²) in [6.07, 6.45) is 1.79. The van der Waals surface area contributed by atoms with Gasteiger partial charge >= 0.3 is 0 Å². The van der Waals surface area contributed by atoms with Gasteiger partial charge in [-0.1, -0.05) is 12.2 Å². The molecule has 0 amide bonds. The summed E-state index contributed by atoms with van der Waals surface area (Å²) in [5.41, 5.74) is 9.64. The van der Waals surface area contributed by atoms with E-state index in [9.17, 15) is 0 Å². The molecule has 0 saturated heterocycles. The van der Waals surface area contributed by atoms with Crippen LogP contribution < -0.4 is 15.8 Å². The van der Waals surface area contributed by atoms with Crippen molar-refractivity contribution < 1.29 is 4.74 Å².